The number of unbranched alkanes of at least 4 members (excludes halogenated alkanes) is 1. The van der Waals surface area contributed by atoms with Gasteiger partial charge in [-0.3, -0.25) is 4.90 Å². The van der Waals surface area contributed by atoms with Crippen molar-refractivity contribution in [3.05, 3.63) is 41.0 Å². The highest BCUT2D eigenvalue weighted by atomic mass is 15.1. The van der Waals surface area contributed by atoms with E-state index >= 15 is 0 Å². The predicted octanol–water partition coefficient (Wildman–Crippen LogP) is 2.98. The Morgan fingerprint density at radius 3 is 3.00 bits per heavy atom. The van der Waals surface area contributed by atoms with Gasteiger partial charge in [0.15, 0.2) is 0 Å². The normalized spacial score (nSPS) is 18.1. The van der Waals surface area contributed by atoms with Crippen LogP contribution in [0.15, 0.2) is 12.4 Å². The van der Waals surface area contributed by atoms with Crippen LogP contribution in [0.25, 0.3) is 0 Å². The lowest BCUT2D eigenvalue weighted by Gasteiger charge is -2.27. The first-order valence-electron chi connectivity index (χ1n) is 8.91. The second kappa shape index (κ2) is 6.40. The Labute approximate surface area is 137 Å². The predicted molar refractivity (Wildman–Crippen MR) is 89.0 cm³/mol. The number of H-pyrrole nitrogens is 1. The van der Waals surface area contributed by atoms with Crippen molar-refractivity contribution < 1.29 is 0 Å². The van der Waals surface area contributed by atoms with Gasteiger partial charge in [-0.05, 0) is 19.3 Å². The van der Waals surface area contributed by atoms with Crippen LogP contribution in [0.4, 0.5) is 0 Å². The molecule has 1 fully saturated rings. The van der Waals surface area contributed by atoms with E-state index in [-0.39, 0.29) is 0 Å². The summed E-state index contributed by atoms with van der Waals surface area (Å²) in [7, 11) is 0. The van der Waals surface area contributed by atoms with E-state index in [4.69, 9.17) is 4.98 Å². The summed E-state index contributed by atoms with van der Waals surface area (Å²) in [5.41, 5.74) is 3.79. The van der Waals surface area contributed by atoms with Gasteiger partial charge in [0.05, 0.1) is 0 Å². The van der Waals surface area contributed by atoms with Crippen LogP contribution in [0.2, 0.25) is 0 Å². The molecule has 0 unspecified atom stereocenters. The number of fused-ring (bicyclic) bond motifs is 1. The van der Waals surface area contributed by atoms with Gasteiger partial charge >= 0.3 is 0 Å². The van der Waals surface area contributed by atoms with Crippen LogP contribution >= 0.6 is 0 Å². The molecular weight excluding hydrogens is 286 g/mol. The highest BCUT2D eigenvalue weighted by Crippen LogP contribution is 2.38. The maximum absolute atomic E-state index is 4.80. The summed E-state index contributed by atoms with van der Waals surface area (Å²) in [6.07, 6.45) is 11.1. The van der Waals surface area contributed by atoms with Gasteiger partial charge in [-0.1, -0.05) is 13.3 Å². The van der Waals surface area contributed by atoms with Gasteiger partial charge in [0.2, 0.25) is 0 Å². The molecule has 2 aliphatic rings. The SMILES string of the molecule is CCCCc1ncc(CN2CCc3nc(C4CC4)ncc3C2)[nH]1. The lowest BCUT2D eigenvalue weighted by molar-refractivity contribution is 0.240. The monoisotopic (exact) mass is 311 g/mol. The third kappa shape index (κ3) is 3.44. The molecule has 5 nitrogen and oxygen atoms in total. The fourth-order valence-electron chi connectivity index (χ4n) is 3.26. The van der Waals surface area contributed by atoms with Crippen molar-refractivity contribution in [3.8, 4) is 0 Å². The van der Waals surface area contributed by atoms with E-state index in [0.717, 1.165) is 44.1 Å². The van der Waals surface area contributed by atoms with Crippen LogP contribution in [-0.4, -0.2) is 31.4 Å². The van der Waals surface area contributed by atoms with Crippen LogP contribution in [0.3, 0.4) is 0 Å². The van der Waals surface area contributed by atoms with E-state index in [2.05, 4.69) is 33.0 Å². The molecule has 0 saturated heterocycles. The molecule has 0 atom stereocenters. The molecular formula is C18H25N5. The summed E-state index contributed by atoms with van der Waals surface area (Å²) in [6, 6.07) is 0. The minimum atomic E-state index is 0.643. The first kappa shape index (κ1) is 14.8. The second-order valence-corrected chi connectivity index (χ2v) is 6.89. The minimum Gasteiger partial charge on any atom is -0.345 e. The average Bonchev–Trinajstić information content (AvgIpc) is 3.33. The first-order chi connectivity index (χ1) is 11.3. The molecule has 1 aliphatic carbocycles. The number of imidazole rings is 1. The maximum atomic E-state index is 4.80. The number of aromatic nitrogens is 4. The molecule has 122 valence electrons. The maximum Gasteiger partial charge on any atom is 0.131 e. The van der Waals surface area contributed by atoms with E-state index in [1.165, 1.54) is 42.6 Å². The lowest BCUT2D eigenvalue weighted by Crippen LogP contribution is -2.31. The topological polar surface area (TPSA) is 57.7 Å². The van der Waals surface area contributed by atoms with Crippen LogP contribution < -0.4 is 0 Å². The Morgan fingerprint density at radius 1 is 1.26 bits per heavy atom. The number of aryl methyl sites for hydroxylation is 1. The molecule has 0 spiro atoms. The van der Waals surface area contributed by atoms with Gasteiger partial charge in [-0.25, -0.2) is 15.0 Å². The van der Waals surface area contributed by atoms with Crippen molar-refractivity contribution in [3.63, 3.8) is 0 Å². The van der Waals surface area contributed by atoms with Gasteiger partial charge in [0, 0.05) is 67.7 Å². The molecule has 3 heterocycles. The molecule has 2 aromatic heterocycles. The molecule has 5 heteroatoms. The zero-order valence-electron chi connectivity index (χ0n) is 13.9. The standard InChI is InChI=1S/C18H25N5/c1-2-3-4-17-19-10-15(21-17)12-23-8-7-16-14(11-23)9-20-18(22-16)13-5-6-13/h9-10,13H,2-8,11-12H2,1H3,(H,19,21). The van der Waals surface area contributed by atoms with E-state index in [0.29, 0.717) is 5.92 Å². The summed E-state index contributed by atoms with van der Waals surface area (Å²) in [5.74, 6) is 2.84. The van der Waals surface area contributed by atoms with Crippen LogP contribution in [0.1, 0.15) is 67.1 Å². The van der Waals surface area contributed by atoms with Crippen molar-refractivity contribution in [2.24, 2.45) is 0 Å². The van der Waals surface area contributed by atoms with Crippen LogP contribution in [0.5, 0.6) is 0 Å². The third-order valence-corrected chi connectivity index (χ3v) is 4.82. The molecule has 23 heavy (non-hydrogen) atoms. The van der Waals surface area contributed by atoms with Crippen LogP contribution in [-0.2, 0) is 25.9 Å². The van der Waals surface area contributed by atoms with E-state index in [1.54, 1.807) is 0 Å². The Bertz CT molecular complexity index is 674. The van der Waals surface area contributed by atoms with Crippen LogP contribution in [0, 0.1) is 0 Å². The molecule has 0 radical (unpaired) electrons. The number of hydrogen-bond donors (Lipinski definition) is 1. The second-order valence-electron chi connectivity index (χ2n) is 6.89. The van der Waals surface area contributed by atoms with Gasteiger partial charge < -0.3 is 4.98 Å². The highest BCUT2D eigenvalue weighted by molar-refractivity contribution is 5.22. The number of nitrogens with zero attached hydrogens (tertiary/aromatic N) is 4. The summed E-state index contributed by atoms with van der Waals surface area (Å²) >= 11 is 0. The molecule has 2 aromatic rings. The van der Waals surface area contributed by atoms with Crippen molar-refractivity contribution in [1.82, 2.24) is 24.8 Å². The van der Waals surface area contributed by atoms with Gasteiger partial charge in [-0.15, -0.1) is 0 Å². The summed E-state index contributed by atoms with van der Waals surface area (Å²) in [5, 5.41) is 0. The number of nitrogens with one attached hydrogen (secondary N) is 1. The molecule has 1 saturated carbocycles. The summed E-state index contributed by atoms with van der Waals surface area (Å²) < 4.78 is 0. The first-order valence-corrected chi connectivity index (χ1v) is 8.91. The summed E-state index contributed by atoms with van der Waals surface area (Å²) in [4.78, 5) is 19.8. The summed E-state index contributed by atoms with van der Waals surface area (Å²) in [6.45, 7) is 5.16. The fraction of sp³-hybridized carbons (Fsp3) is 0.611. The fourth-order valence-corrected chi connectivity index (χ4v) is 3.26. The smallest absolute Gasteiger partial charge is 0.131 e. The zero-order chi connectivity index (χ0) is 15.6. The molecule has 0 aromatic carbocycles. The molecule has 0 bridgehead atoms. The van der Waals surface area contributed by atoms with Gasteiger partial charge in [-0.2, -0.15) is 0 Å². The number of aromatic amines is 1. The highest BCUT2D eigenvalue weighted by Gasteiger charge is 2.28. The lowest BCUT2D eigenvalue weighted by atomic mass is 10.1. The Hall–Kier alpha value is -1.75. The number of hydrogen-bond acceptors (Lipinski definition) is 4. The van der Waals surface area contributed by atoms with E-state index in [1.807, 2.05) is 6.20 Å². The third-order valence-electron chi connectivity index (χ3n) is 4.82. The van der Waals surface area contributed by atoms with E-state index in [9.17, 15) is 0 Å². The zero-order valence-corrected chi connectivity index (χ0v) is 13.9. The van der Waals surface area contributed by atoms with Crippen molar-refractivity contribution >= 4 is 0 Å². The molecule has 1 aliphatic heterocycles. The van der Waals surface area contributed by atoms with E-state index < -0.39 is 0 Å². The van der Waals surface area contributed by atoms with Gasteiger partial charge in [0.1, 0.15) is 11.6 Å². The molecule has 0 amide bonds. The Morgan fingerprint density at radius 2 is 2.17 bits per heavy atom. The minimum absolute atomic E-state index is 0.643. The van der Waals surface area contributed by atoms with Crippen molar-refractivity contribution in [2.75, 3.05) is 6.54 Å². The van der Waals surface area contributed by atoms with Gasteiger partial charge in [0.25, 0.3) is 0 Å². The molecule has 1 N–H and O–H groups in total. The average molecular weight is 311 g/mol. The van der Waals surface area contributed by atoms with Crippen molar-refractivity contribution in [2.45, 2.75) is 64.5 Å². The Balaban J connectivity index is 1.38. The quantitative estimate of drug-likeness (QED) is 0.891. The number of rotatable bonds is 6. The Kier molecular flexibility index (Phi) is 4.12. The largest absolute Gasteiger partial charge is 0.345 e. The van der Waals surface area contributed by atoms with Crippen molar-refractivity contribution in [1.29, 1.82) is 0 Å². The molecule has 4 rings (SSSR count).